The van der Waals surface area contributed by atoms with Crippen LogP contribution in [0.2, 0.25) is 0 Å². The Morgan fingerprint density at radius 1 is 1.78 bits per heavy atom. The van der Waals surface area contributed by atoms with Gasteiger partial charge in [0, 0.05) is 19.1 Å². The molecule has 1 aliphatic rings. The van der Waals surface area contributed by atoms with Crippen molar-refractivity contribution in [1.82, 2.24) is 10.6 Å². The van der Waals surface area contributed by atoms with Crippen molar-refractivity contribution >= 4 is 5.96 Å². The van der Waals surface area contributed by atoms with E-state index in [1.165, 1.54) is 0 Å². The maximum Gasteiger partial charge on any atom is 0.203 e. The molecular formula is C6H9N3. The predicted molar refractivity (Wildman–Crippen MR) is 36.9 cm³/mol. The molecule has 0 bridgehead atoms. The minimum absolute atomic E-state index is 0.726. The molecule has 1 heterocycles. The molecule has 3 heteroatoms. The molecule has 0 atom stereocenters. The van der Waals surface area contributed by atoms with E-state index in [4.69, 9.17) is 6.42 Å². The van der Waals surface area contributed by atoms with E-state index in [0.717, 1.165) is 25.5 Å². The standard InChI is InChI=1S/C6H9N3/c1-2-7-6-8-4-3-5-9-6/h1H,3-5H2,(H2,7,8,9). The molecular weight excluding hydrogens is 114 g/mol. The Morgan fingerprint density at radius 2 is 2.67 bits per heavy atom. The molecule has 1 aliphatic heterocycles. The Bertz CT molecular complexity index is 154. The van der Waals surface area contributed by atoms with E-state index in [-0.39, 0.29) is 0 Å². The second-order valence-corrected chi connectivity index (χ2v) is 1.78. The van der Waals surface area contributed by atoms with Gasteiger partial charge in [0.15, 0.2) is 0 Å². The van der Waals surface area contributed by atoms with Crippen molar-refractivity contribution in [1.29, 1.82) is 0 Å². The summed E-state index contributed by atoms with van der Waals surface area (Å²) in [5.74, 6) is 0.726. The quantitative estimate of drug-likeness (QED) is 0.337. The summed E-state index contributed by atoms with van der Waals surface area (Å²) in [5.41, 5.74) is 0. The predicted octanol–water partition coefficient (Wildman–Crippen LogP) is -0.484. The summed E-state index contributed by atoms with van der Waals surface area (Å²) in [7, 11) is 0. The van der Waals surface area contributed by atoms with E-state index in [1.807, 2.05) is 0 Å². The van der Waals surface area contributed by atoms with E-state index < -0.39 is 0 Å². The molecule has 48 valence electrons. The Morgan fingerprint density at radius 3 is 3.22 bits per heavy atom. The van der Waals surface area contributed by atoms with Crippen LogP contribution >= 0.6 is 0 Å². The zero-order valence-corrected chi connectivity index (χ0v) is 5.15. The summed E-state index contributed by atoms with van der Waals surface area (Å²) >= 11 is 0. The van der Waals surface area contributed by atoms with E-state index in [9.17, 15) is 0 Å². The van der Waals surface area contributed by atoms with Crippen LogP contribution in [0.3, 0.4) is 0 Å². The van der Waals surface area contributed by atoms with Gasteiger partial charge in [-0.25, -0.2) is 0 Å². The molecule has 0 aromatic rings. The summed E-state index contributed by atoms with van der Waals surface area (Å²) in [6.45, 7) is 1.84. The maximum absolute atomic E-state index is 4.98. The number of nitrogens with one attached hydrogen (secondary N) is 2. The molecule has 0 aliphatic carbocycles. The lowest BCUT2D eigenvalue weighted by atomic mass is 10.4. The summed E-state index contributed by atoms with van der Waals surface area (Å²) in [5, 5.41) is 5.67. The number of nitrogens with zero attached hydrogens (tertiary/aromatic N) is 1. The Kier molecular flexibility index (Phi) is 1.97. The monoisotopic (exact) mass is 123 g/mol. The smallest absolute Gasteiger partial charge is 0.203 e. The molecule has 1 rings (SSSR count). The van der Waals surface area contributed by atoms with Crippen molar-refractivity contribution in [3.63, 3.8) is 0 Å². The number of hydrogen-bond donors (Lipinski definition) is 2. The van der Waals surface area contributed by atoms with Gasteiger partial charge in [-0.3, -0.25) is 10.3 Å². The van der Waals surface area contributed by atoms with Gasteiger partial charge in [-0.05, 0) is 6.42 Å². The first-order valence-corrected chi connectivity index (χ1v) is 2.93. The van der Waals surface area contributed by atoms with E-state index >= 15 is 0 Å². The third-order valence-corrected chi connectivity index (χ3v) is 1.09. The van der Waals surface area contributed by atoms with Crippen molar-refractivity contribution in [3.05, 3.63) is 0 Å². The molecule has 2 N–H and O–H groups in total. The van der Waals surface area contributed by atoms with Gasteiger partial charge < -0.3 is 5.32 Å². The van der Waals surface area contributed by atoms with Crippen LogP contribution in [0.5, 0.6) is 0 Å². The molecule has 0 amide bonds. The van der Waals surface area contributed by atoms with Gasteiger partial charge >= 0.3 is 0 Å². The molecule has 0 aromatic carbocycles. The van der Waals surface area contributed by atoms with E-state index in [0.29, 0.717) is 0 Å². The number of rotatable bonds is 0. The lowest BCUT2D eigenvalue weighted by molar-refractivity contribution is 0.726. The first-order chi connectivity index (χ1) is 4.43. The first-order valence-electron chi connectivity index (χ1n) is 2.93. The fourth-order valence-electron chi connectivity index (χ4n) is 0.685. The summed E-state index contributed by atoms with van der Waals surface area (Å²) < 4.78 is 0. The number of terminal acetylenes is 1. The van der Waals surface area contributed by atoms with Crippen molar-refractivity contribution in [2.75, 3.05) is 13.1 Å². The van der Waals surface area contributed by atoms with Gasteiger partial charge in [0.2, 0.25) is 5.96 Å². The number of aliphatic imine (C=N–C) groups is 1. The third kappa shape index (κ3) is 1.65. The maximum atomic E-state index is 4.98. The van der Waals surface area contributed by atoms with E-state index in [2.05, 4.69) is 21.7 Å². The fourth-order valence-corrected chi connectivity index (χ4v) is 0.685. The zero-order valence-electron chi connectivity index (χ0n) is 5.15. The summed E-state index contributed by atoms with van der Waals surface area (Å²) in [6, 6.07) is 2.29. The third-order valence-electron chi connectivity index (χ3n) is 1.09. The molecule has 3 nitrogen and oxygen atoms in total. The van der Waals surface area contributed by atoms with Crippen LogP contribution in [0.1, 0.15) is 6.42 Å². The van der Waals surface area contributed by atoms with Gasteiger partial charge in [-0.2, -0.15) is 0 Å². The first kappa shape index (κ1) is 5.96. The minimum atomic E-state index is 0.726. The molecule has 9 heavy (non-hydrogen) atoms. The molecule has 0 saturated heterocycles. The Hall–Kier alpha value is -1.17. The van der Waals surface area contributed by atoms with Gasteiger partial charge in [-0.15, -0.1) is 0 Å². The van der Waals surface area contributed by atoms with Crippen molar-refractivity contribution in [2.24, 2.45) is 4.99 Å². The Balaban J connectivity index is 2.39. The Labute approximate surface area is 54.6 Å². The topological polar surface area (TPSA) is 36.4 Å². The largest absolute Gasteiger partial charge is 0.356 e. The lowest BCUT2D eigenvalue weighted by Crippen LogP contribution is -2.38. The molecule has 0 fully saturated rings. The molecule has 0 radical (unpaired) electrons. The van der Waals surface area contributed by atoms with Crippen molar-refractivity contribution < 1.29 is 0 Å². The lowest BCUT2D eigenvalue weighted by Gasteiger charge is -2.11. The van der Waals surface area contributed by atoms with Gasteiger partial charge in [0.25, 0.3) is 0 Å². The van der Waals surface area contributed by atoms with Crippen LogP contribution in [0.25, 0.3) is 0 Å². The zero-order chi connectivity index (χ0) is 6.53. The average Bonchev–Trinajstić information content (AvgIpc) is 1.91. The van der Waals surface area contributed by atoms with Gasteiger partial charge in [0.1, 0.15) is 0 Å². The number of hydrogen-bond acceptors (Lipinski definition) is 3. The van der Waals surface area contributed by atoms with E-state index in [1.54, 1.807) is 0 Å². The van der Waals surface area contributed by atoms with Crippen molar-refractivity contribution in [2.45, 2.75) is 6.42 Å². The van der Waals surface area contributed by atoms with Gasteiger partial charge in [-0.1, -0.05) is 6.42 Å². The highest BCUT2D eigenvalue weighted by Crippen LogP contribution is 1.85. The highest BCUT2D eigenvalue weighted by molar-refractivity contribution is 5.81. The van der Waals surface area contributed by atoms with Crippen LogP contribution in [0.15, 0.2) is 4.99 Å². The van der Waals surface area contributed by atoms with Crippen LogP contribution in [-0.2, 0) is 0 Å². The average molecular weight is 123 g/mol. The second kappa shape index (κ2) is 2.98. The van der Waals surface area contributed by atoms with Crippen LogP contribution in [0.4, 0.5) is 0 Å². The van der Waals surface area contributed by atoms with Crippen LogP contribution in [-0.4, -0.2) is 19.0 Å². The summed E-state index contributed by atoms with van der Waals surface area (Å²) in [6.07, 6.45) is 6.07. The molecule has 0 saturated carbocycles. The molecule has 0 aromatic heterocycles. The SMILES string of the molecule is C#CNC1=NCCCN1. The van der Waals surface area contributed by atoms with Gasteiger partial charge in [0.05, 0.1) is 0 Å². The fraction of sp³-hybridized carbons (Fsp3) is 0.500. The minimum Gasteiger partial charge on any atom is -0.356 e. The summed E-state index contributed by atoms with van der Waals surface area (Å²) in [4.78, 5) is 4.07. The highest BCUT2D eigenvalue weighted by Gasteiger charge is 1.99. The number of guanidine groups is 1. The molecule has 0 spiro atoms. The molecule has 0 unspecified atom stereocenters. The highest BCUT2D eigenvalue weighted by atomic mass is 15.2. The second-order valence-electron chi connectivity index (χ2n) is 1.78. The van der Waals surface area contributed by atoms with Crippen LogP contribution in [0, 0.1) is 12.5 Å². The van der Waals surface area contributed by atoms with Crippen LogP contribution < -0.4 is 10.6 Å². The normalized spacial score (nSPS) is 17.0. The van der Waals surface area contributed by atoms with Crippen molar-refractivity contribution in [3.8, 4) is 12.5 Å².